The topological polar surface area (TPSA) is 90.5 Å². The molecule has 0 fully saturated rings. The summed E-state index contributed by atoms with van der Waals surface area (Å²) in [6.45, 7) is 9.19. The van der Waals surface area contributed by atoms with Gasteiger partial charge >= 0.3 is 6.03 Å². The van der Waals surface area contributed by atoms with Crippen molar-refractivity contribution in [1.29, 1.82) is 0 Å². The number of carbonyl (C=O) groups is 1. The van der Waals surface area contributed by atoms with Crippen LogP contribution in [0.1, 0.15) is 27.2 Å². The number of nitrogens with zero attached hydrogens (tertiary/aromatic N) is 1. The van der Waals surface area contributed by atoms with Crippen LogP contribution in [0.2, 0.25) is 0 Å². The van der Waals surface area contributed by atoms with Crippen molar-refractivity contribution < 1.29 is 13.2 Å². The monoisotopic (exact) mass is 356 g/mol. The van der Waals surface area contributed by atoms with Crippen molar-refractivity contribution in [3.8, 4) is 0 Å². The minimum absolute atomic E-state index is 0.0660. The highest BCUT2D eigenvalue weighted by Crippen LogP contribution is 2.16. The van der Waals surface area contributed by atoms with Crippen LogP contribution in [-0.2, 0) is 10.0 Å². The van der Waals surface area contributed by atoms with E-state index in [1.54, 1.807) is 31.2 Å². The zero-order chi connectivity index (χ0) is 18.0. The first-order valence-electron chi connectivity index (χ1n) is 8.28. The summed E-state index contributed by atoms with van der Waals surface area (Å²) in [7, 11) is -3.34. The van der Waals surface area contributed by atoms with Gasteiger partial charge in [0, 0.05) is 18.8 Å². The molecule has 0 radical (unpaired) electrons. The summed E-state index contributed by atoms with van der Waals surface area (Å²) in [5, 5.41) is 5.49. The Balaban J connectivity index is 2.53. The van der Waals surface area contributed by atoms with E-state index in [-0.39, 0.29) is 11.8 Å². The van der Waals surface area contributed by atoms with Gasteiger partial charge in [-0.1, -0.05) is 26.8 Å². The third kappa shape index (κ3) is 7.65. The Morgan fingerprint density at radius 2 is 1.79 bits per heavy atom. The highest BCUT2D eigenvalue weighted by molar-refractivity contribution is 7.92. The first-order valence-corrected chi connectivity index (χ1v) is 9.93. The Morgan fingerprint density at radius 1 is 1.12 bits per heavy atom. The number of urea groups is 1. The number of likely N-dealkylation sites (N-methyl/N-ethyl adjacent to an activating group) is 1. The van der Waals surface area contributed by atoms with E-state index in [0.29, 0.717) is 24.3 Å². The summed E-state index contributed by atoms with van der Waals surface area (Å²) in [6.07, 6.45) is 0.544. The van der Waals surface area contributed by atoms with Gasteiger partial charge in [0.25, 0.3) is 0 Å². The molecule has 1 rings (SSSR count). The van der Waals surface area contributed by atoms with Gasteiger partial charge in [-0.2, -0.15) is 0 Å². The predicted octanol–water partition coefficient (Wildman–Crippen LogP) is 2.30. The normalized spacial score (nSPS) is 11.3. The Bertz CT molecular complexity index is 616. The molecule has 1 aromatic carbocycles. The molecule has 0 bridgehead atoms. The maximum atomic E-state index is 11.9. The van der Waals surface area contributed by atoms with Crippen LogP contribution < -0.4 is 15.4 Å². The first-order chi connectivity index (χ1) is 11.4. The lowest BCUT2D eigenvalue weighted by molar-refractivity contribution is 0.248. The molecule has 2 amide bonds. The predicted molar refractivity (Wildman–Crippen MR) is 99.0 cm³/mol. The maximum absolute atomic E-state index is 11.9. The van der Waals surface area contributed by atoms with Crippen LogP contribution in [-0.4, -0.2) is 51.3 Å². The summed E-state index contributed by atoms with van der Waals surface area (Å²) in [4.78, 5) is 14.1. The molecule has 0 aliphatic rings. The lowest BCUT2D eigenvalue weighted by Gasteiger charge is -2.18. The van der Waals surface area contributed by atoms with Crippen molar-refractivity contribution in [2.24, 2.45) is 0 Å². The SMILES string of the molecule is CCCS(=O)(=O)Nc1cccc(NC(=O)NCCN(CC)CC)c1. The molecule has 0 saturated carbocycles. The van der Waals surface area contributed by atoms with E-state index in [1.165, 1.54) is 0 Å². The molecular weight excluding hydrogens is 328 g/mol. The number of rotatable bonds is 10. The molecule has 136 valence electrons. The fourth-order valence-electron chi connectivity index (χ4n) is 2.20. The van der Waals surface area contributed by atoms with Crippen LogP contribution in [0, 0.1) is 0 Å². The van der Waals surface area contributed by atoms with Crippen molar-refractivity contribution >= 4 is 27.4 Å². The second-order valence-corrected chi connectivity index (χ2v) is 7.25. The average molecular weight is 356 g/mol. The number of anilines is 2. The standard InChI is InChI=1S/C16H28N4O3S/c1-4-12-24(22,23)19-15-9-7-8-14(13-15)18-16(21)17-10-11-20(5-2)6-3/h7-9,13,19H,4-6,10-12H2,1-3H3,(H2,17,18,21). The summed E-state index contributed by atoms with van der Waals surface area (Å²) in [5.74, 6) is 0.0660. The third-order valence-corrected chi connectivity index (χ3v) is 4.97. The number of carbonyl (C=O) groups excluding carboxylic acids is 1. The van der Waals surface area contributed by atoms with Crippen molar-refractivity contribution in [2.45, 2.75) is 27.2 Å². The fraction of sp³-hybridized carbons (Fsp3) is 0.562. The molecule has 0 unspecified atom stereocenters. The summed E-state index contributed by atoms with van der Waals surface area (Å²) in [5.41, 5.74) is 0.969. The second kappa shape index (κ2) is 10.1. The molecule has 1 aromatic rings. The highest BCUT2D eigenvalue weighted by atomic mass is 32.2. The van der Waals surface area contributed by atoms with Gasteiger partial charge in [0.05, 0.1) is 11.4 Å². The molecule has 24 heavy (non-hydrogen) atoms. The molecule has 0 heterocycles. The number of hydrogen-bond donors (Lipinski definition) is 3. The zero-order valence-corrected chi connectivity index (χ0v) is 15.4. The molecule has 0 aliphatic heterocycles. The van der Waals surface area contributed by atoms with Crippen molar-refractivity contribution in [3.05, 3.63) is 24.3 Å². The third-order valence-electron chi connectivity index (χ3n) is 3.47. The van der Waals surface area contributed by atoms with E-state index in [0.717, 1.165) is 19.6 Å². The minimum Gasteiger partial charge on any atom is -0.337 e. The van der Waals surface area contributed by atoms with E-state index < -0.39 is 10.0 Å². The molecular formula is C16H28N4O3S. The molecule has 0 atom stereocenters. The quantitative estimate of drug-likeness (QED) is 0.600. The van der Waals surface area contributed by atoms with E-state index >= 15 is 0 Å². The lowest BCUT2D eigenvalue weighted by Crippen LogP contribution is -2.36. The van der Waals surface area contributed by atoms with Gasteiger partial charge in [0.2, 0.25) is 10.0 Å². The number of amides is 2. The van der Waals surface area contributed by atoms with Crippen molar-refractivity contribution in [1.82, 2.24) is 10.2 Å². The average Bonchev–Trinajstić information content (AvgIpc) is 2.51. The van der Waals surface area contributed by atoms with Crippen LogP contribution in [0.15, 0.2) is 24.3 Å². The van der Waals surface area contributed by atoms with Crippen LogP contribution in [0.3, 0.4) is 0 Å². The van der Waals surface area contributed by atoms with Crippen LogP contribution >= 0.6 is 0 Å². The van der Waals surface area contributed by atoms with Crippen LogP contribution in [0.25, 0.3) is 0 Å². The van der Waals surface area contributed by atoms with Gasteiger partial charge in [-0.15, -0.1) is 0 Å². The zero-order valence-electron chi connectivity index (χ0n) is 14.6. The minimum atomic E-state index is -3.34. The van der Waals surface area contributed by atoms with Crippen LogP contribution in [0.5, 0.6) is 0 Å². The van der Waals surface area contributed by atoms with E-state index in [2.05, 4.69) is 34.1 Å². The number of hydrogen-bond acceptors (Lipinski definition) is 4. The smallest absolute Gasteiger partial charge is 0.319 e. The number of benzene rings is 1. The molecule has 0 saturated heterocycles. The lowest BCUT2D eigenvalue weighted by atomic mass is 10.3. The van der Waals surface area contributed by atoms with Gasteiger partial charge in [-0.05, 0) is 37.7 Å². The Labute approximate surface area is 144 Å². The molecule has 0 spiro atoms. The Kier molecular flexibility index (Phi) is 8.56. The van der Waals surface area contributed by atoms with Gasteiger partial charge in [-0.3, -0.25) is 4.72 Å². The van der Waals surface area contributed by atoms with Crippen molar-refractivity contribution in [3.63, 3.8) is 0 Å². The van der Waals surface area contributed by atoms with Gasteiger partial charge < -0.3 is 15.5 Å². The van der Waals surface area contributed by atoms with E-state index in [4.69, 9.17) is 0 Å². The molecule has 7 nitrogen and oxygen atoms in total. The fourth-order valence-corrected chi connectivity index (χ4v) is 3.33. The van der Waals surface area contributed by atoms with Gasteiger partial charge in [0.1, 0.15) is 0 Å². The van der Waals surface area contributed by atoms with Gasteiger partial charge in [0.15, 0.2) is 0 Å². The van der Waals surface area contributed by atoms with Crippen molar-refractivity contribution in [2.75, 3.05) is 42.0 Å². The van der Waals surface area contributed by atoms with Gasteiger partial charge in [-0.25, -0.2) is 13.2 Å². The highest BCUT2D eigenvalue weighted by Gasteiger charge is 2.09. The largest absolute Gasteiger partial charge is 0.337 e. The molecule has 8 heteroatoms. The summed E-state index contributed by atoms with van der Waals surface area (Å²) in [6, 6.07) is 6.33. The second-order valence-electron chi connectivity index (χ2n) is 5.41. The first kappa shape index (κ1) is 20.2. The molecule has 0 aliphatic carbocycles. The number of nitrogens with one attached hydrogen (secondary N) is 3. The summed E-state index contributed by atoms with van der Waals surface area (Å²) >= 11 is 0. The summed E-state index contributed by atoms with van der Waals surface area (Å²) < 4.78 is 26.1. The van der Waals surface area contributed by atoms with E-state index in [9.17, 15) is 13.2 Å². The molecule has 0 aromatic heterocycles. The van der Waals surface area contributed by atoms with E-state index in [1.807, 2.05) is 0 Å². The van der Waals surface area contributed by atoms with Crippen LogP contribution in [0.4, 0.5) is 16.2 Å². The Morgan fingerprint density at radius 3 is 2.42 bits per heavy atom. The Hall–Kier alpha value is -1.80. The number of sulfonamides is 1. The maximum Gasteiger partial charge on any atom is 0.319 e. The molecule has 3 N–H and O–H groups in total.